The number of benzene rings is 1. The van der Waals surface area contributed by atoms with Gasteiger partial charge < -0.3 is 9.84 Å². The fraction of sp³-hybridized carbons (Fsp3) is 0. The van der Waals surface area contributed by atoms with Crippen LogP contribution in [0.15, 0.2) is 22.7 Å². The zero-order chi connectivity index (χ0) is 12.4. The highest BCUT2D eigenvalue weighted by molar-refractivity contribution is 6.35. The van der Waals surface area contributed by atoms with Gasteiger partial charge in [0.15, 0.2) is 5.75 Å². The number of rotatable bonds is 3. The minimum atomic E-state index is -1.31. The Hall–Kier alpha value is -1.79. The quantitative estimate of drug-likeness (QED) is 0.926. The molecule has 1 heterocycles. The lowest BCUT2D eigenvalue weighted by atomic mass is 10.3. The molecular weight excluding hydrogens is 271 g/mol. The van der Waals surface area contributed by atoms with Crippen LogP contribution in [-0.4, -0.2) is 21.2 Å². The second-order valence-electron chi connectivity index (χ2n) is 2.87. The van der Waals surface area contributed by atoms with E-state index in [4.69, 9.17) is 33.0 Å². The van der Waals surface area contributed by atoms with E-state index in [-0.39, 0.29) is 16.8 Å². The summed E-state index contributed by atoms with van der Waals surface area (Å²) in [5.74, 6) is -1.58. The predicted molar refractivity (Wildman–Crippen MR) is 57.8 cm³/mol. The average molecular weight is 275 g/mol. The SMILES string of the molecule is O=C(O)c1noc(Oc2ccc(Cl)cc2Cl)n1. The lowest BCUT2D eigenvalue weighted by Gasteiger charge is -2.02. The number of nitrogens with zero attached hydrogens (tertiary/aromatic N) is 2. The fourth-order valence-corrected chi connectivity index (χ4v) is 1.44. The molecule has 1 aromatic heterocycles. The van der Waals surface area contributed by atoms with E-state index in [1.54, 1.807) is 6.07 Å². The molecule has 1 aromatic carbocycles. The van der Waals surface area contributed by atoms with Crippen LogP contribution in [0.5, 0.6) is 11.8 Å². The van der Waals surface area contributed by atoms with Crippen molar-refractivity contribution in [3.8, 4) is 11.8 Å². The number of hydrogen-bond acceptors (Lipinski definition) is 5. The van der Waals surface area contributed by atoms with E-state index in [1.165, 1.54) is 12.1 Å². The molecule has 0 aliphatic rings. The van der Waals surface area contributed by atoms with Gasteiger partial charge in [0, 0.05) is 5.02 Å². The molecule has 0 atom stereocenters. The molecule has 0 bridgehead atoms. The molecule has 6 nitrogen and oxygen atoms in total. The van der Waals surface area contributed by atoms with Crippen molar-refractivity contribution in [1.82, 2.24) is 10.1 Å². The maximum atomic E-state index is 10.5. The van der Waals surface area contributed by atoms with Crippen LogP contribution in [0, 0.1) is 0 Å². The Balaban J connectivity index is 2.22. The zero-order valence-corrected chi connectivity index (χ0v) is 9.57. The van der Waals surface area contributed by atoms with Gasteiger partial charge in [-0.25, -0.2) is 4.79 Å². The fourth-order valence-electron chi connectivity index (χ4n) is 0.990. The molecule has 0 saturated heterocycles. The molecule has 0 radical (unpaired) electrons. The first-order valence-electron chi connectivity index (χ1n) is 4.26. The smallest absolute Gasteiger partial charge is 0.423 e. The van der Waals surface area contributed by atoms with E-state index in [2.05, 4.69) is 14.7 Å². The largest absolute Gasteiger partial charge is 0.475 e. The summed E-state index contributed by atoms with van der Waals surface area (Å²) in [7, 11) is 0. The van der Waals surface area contributed by atoms with Crippen LogP contribution < -0.4 is 4.74 Å². The standard InChI is InChI=1S/C9H4Cl2N2O4/c10-4-1-2-6(5(11)3-4)16-9-12-7(8(14)15)13-17-9/h1-3H,(H,14,15). The molecule has 1 N–H and O–H groups in total. The van der Waals surface area contributed by atoms with Crippen LogP contribution in [0.25, 0.3) is 0 Å². The number of aromatic carboxylic acids is 1. The maximum Gasteiger partial charge on any atom is 0.423 e. The molecule has 0 fully saturated rings. The summed E-state index contributed by atoms with van der Waals surface area (Å²) in [6, 6.07) is 4.51. The van der Waals surface area contributed by atoms with Crippen molar-refractivity contribution in [1.29, 1.82) is 0 Å². The number of ether oxygens (including phenoxy) is 1. The molecule has 8 heteroatoms. The average Bonchev–Trinajstić information content (AvgIpc) is 2.71. The van der Waals surface area contributed by atoms with E-state index in [0.717, 1.165) is 0 Å². The Bertz CT molecular complexity index is 570. The van der Waals surface area contributed by atoms with Crippen LogP contribution in [0.4, 0.5) is 0 Å². The Labute approximate surface area is 105 Å². The van der Waals surface area contributed by atoms with Gasteiger partial charge in [-0.1, -0.05) is 23.2 Å². The normalized spacial score (nSPS) is 10.2. The molecule has 0 aliphatic carbocycles. The summed E-state index contributed by atoms with van der Waals surface area (Å²) in [5.41, 5.74) is 0. The summed E-state index contributed by atoms with van der Waals surface area (Å²) in [5, 5.41) is 12.4. The lowest BCUT2D eigenvalue weighted by Crippen LogP contribution is -1.98. The molecule has 0 saturated carbocycles. The number of carboxylic acid groups (broad SMARTS) is 1. The zero-order valence-electron chi connectivity index (χ0n) is 8.05. The van der Waals surface area contributed by atoms with E-state index in [0.29, 0.717) is 5.02 Å². The van der Waals surface area contributed by atoms with E-state index >= 15 is 0 Å². The number of carboxylic acids is 1. The third kappa shape index (κ3) is 2.66. The van der Waals surface area contributed by atoms with Crippen LogP contribution in [-0.2, 0) is 0 Å². The van der Waals surface area contributed by atoms with Crippen molar-refractivity contribution in [2.75, 3.05) is 0 Å². The van der Waals surface area contributed by atoms with Crippen LogP contribution in [0.3, 0.4) is 0 Å². The topological polar surface area (TPSA) is 85.5 Å². The lowest BCUT2D eigenvalue weighted by molar-refractivity contribution is 0.0680. The first-order valence-corrected chi connectivity index (χ1v) is 5.02. The highest BCUT2D eigenvalue weighted by Gasteiger charge is 2.15. The van der Waals surface area contributed by atoms with E-state index in [1.807, 2.05) is 0 Å². The molecule has 0 unspecified atom stereocenters. The Morgan fingerprint density at radius 2 is 2.18 bits per heavy atom. The Morgan fingerprint density at radius 1 is 1.41 bits per heavy atom. The minimum absolute atomic E-state index is 0.233. The summed E-state index contributed by atoms with van der Waals surface area (Å²) < 4.78 is 9.66. The molecule has 2 rings (SSSR count). The van der Waals surface area contributed by atoms with Gasteiger partial charge in [0.05, 0.1) is 5.02 Å². The highest BCUT2D eigenvalue weighted by Crippen LogP contribution is 2.30. The summed E-state index contributed by atoms with van der Waals surface area (Å²) in [4.78, 5) is 14.0. The predicted octanol–water partition coefficient (Wildman–Crippen LogP) is 2.87. The van der Waals surface area contributed by atoms with Crippen molar-refractivity contribution in [2.45, 2.75) is 0 Å². The molecular formula is C9H4Cl2N2O4. The molecule has 88 valence electrons. The molecule has 0 amide bonds. The van der Waals surface area contributed by atoms with Crippen molar-refractivity contribution in [2.24, 2.45) is 0 Å². The number of carbonyl (C=O) groups is 1. The van der Waals surface area contributed by atoms with Crippen molar-refractivity contribution in [3.63, 3.8) is 0 Å². The minimum Gasteiger partial charge on any atom is -0.475 e. The number of aromatic nitrogens is 2. The highest BCUT2D eigenvalue weighted by atomic mass is 35.5. The van der Waals surface area contributed by atoms with Gasteiger partial charge in [0.2, 0.25) is 0 Å². The van der Waals surface area contributed by atoms with Gasteiger partial charge in [-0.15, -0.1) is 4.98 Å². The second kappa shape index (κ2) is 4.60. The van der Waals surface area contributed by atoms with Crippen molar-refractivity contribution in [3.05, 3.63) is 34.1 Å². The third-order valence-electron chi connectivity index (χ3n) is 1.69. The van der Waals surface area contributed by atoms with E-state index in [9.17, 15) is 4.79 Å². The van der Waals surface area contributed by atoms with Gasteiger partial charge in [0.25, 0.3) is 5.82 Å². The van der Waals surface area contributed by atoms with Gasteiger partial charge in [-0.3, -0.25) is 4.52 Å². The number of hydrogen-bond donors (Lipinski definition) is 1. The van der Waals surface area contributed by atoms with E-state index < -0.39 is 11.8 Å². The van der Waals surface area contributed by atoms with Gasteiger partial charge >= 0.3 is 12.0 Å². The van der Waals surface area contributed by atoms with Gasteiger partial charge in [-0.2, -0.15) is 0 Å². The Kier molecular flexibility index (Phi) is 3.16. The molecule has 2 aromatic rings. The molecule has 0 spiro atoms. The van der Waals surface area contributed by atoms with Gasteiger partial charge in [-0.05, 0) is 23.4 Å². The summed E-state index contributed by atoms with van der Waals surface area (Å²) in [6.07, 6.45) is -0.313. The second-order valence-corrected chi connectivity index (χ2v) is 3.71. The maximum absolute atomic E-state index is 10.5. The van der Waals surface area contributed by atoms with Crippen molar-refractivity contribution < 1.29 is 19.2 Å². The van der Waals surface area contributed by atoms with Crippen LogP contribution in [0.1, 0.15) is 10.6 Å². The van der Waals surface area contributed by atoms with Gasteiger partial charge in [0.1, 0.15) is 0 Å². The van der Waals surface area contributed by atoms with Crippen molar-refractivity contribution >= 4 is 29.2 Å². The number of halogens is 2. The summed E-state index contributed by atoms with van der Waals surface area (Å²) >= 11 is 11.5. The summed E-state index contributed by atoms with van der Waals surface area (Å²) in [6.45, 7) is 0. The molecule has 17 heavy (non-hydrogen) atoms. The Morgan fingerprint density at radius 3 is 2.76 bits per heavy atom. The first kappa shape index (κ1) is 11.7. The third-order valence-corrected chi connectivity index (χ3v) is 2.22. The monoisotopic (exact) mass is 274 g/mol. The molecule has 0 aliphatic heterocycles. The first-order chi connectivity index (χ1) is 8.06. The van der Waals surface area contributed by atoms with Crippen LogP contribution in [0.2, 0.25) is 10.0 Å². The van der Waals surface area contributed by atoms with Crippen LogP contribution >= 0.6 is 23.2 Å².